The lowest BCUT2D eigenvalue weighted by molar-refractivity contribution is -0.139. The van der Waals surface area contributed by atoms with Gasteiger partial charge in [-0.3, -0.25) is 4.79 Å². The van der Waals surface area contributed by atoms with Crippen LogP contribution in [0.15, 0.2) is 24.3 Å². The van der Waals surface area contributed by atoms with Crippen LogP contribution in [0.25, 0.3) is 0 Å². The first-order valence-electron chi connectivity index (χ1n) is 7.00. The molecule has 2 rings (SSSR count). The molecular formula is C16H22O3. The second-order valence-electron chi connectivity index (χ2n) is 5.36. The minimum absolute atomic E-state index is 0.228. The zero-order chi connectivity index (χ0) is 13.7. The zero-order valence-electron chi connectivity index (χ0n) is 11.7. The molecule has 1 aromatic rings. The van der Waals surface area contributed by atoms with Gasteiger partial charge in [0.25, 0.3) is 0 Å². The van der Waals surface area contributed by atoms with Crippen molar-refractivity contribution in [2.45, 2.75) is 45.1 Å². The minimum atomic E-state index is -0.228. The van der Waals surface area contributed by atoms with Gasteiger partial charge >= 0.3 is 5.97 Å². The van der Waals surface area contributed by atoms with E-state index in [2.05, 4.69) is 6.92 Å². The Morgan fingerprint density at radius 3 is 2.58 bits per heavy atom. The number of benzene rings is 1. The summed E-state index contributed by atoms with van der Waals surface area (Å²) >= 11 is 0. The molecule has 0 bridgehead atoms. The average Bonchev–Trinajstić information content (AvgIpc) is 2.43. The molecule has 1 aromatic carbocycles. The summed E-state index contributed by atoms with van der Waals surface area (Å²) in [6.45, 7) is 2.29. The highest BCUT2D eigenvalue weighted by Gasteiger charge is 2.20. The molecule has 104 valence electrons. The van der Waals surface area contributed by atoms with Gasteiger partial charge in [0.2, 0.25) is 0 Å². The molecule has 0 atom stereocenters. The van der Waals surface area contributed by atoms with Crippen molar-refractivity contribution in [1.29, 1.82) is 0 Å². The van der Waals surface area contributed by atoms with E-state index in [0.717, 1.165) is 30.1 Å². The topological polar surface area (TPSA) is 35.5 Å². The predicted octanol–water partition coefficient (Wildman–Crippen LogP) is 3.36. The van der Waals surface area contributed by atoms with E-state index >= 15 is 0 Å². The number of hydrogen-bond acceptors (Lipinski definition) is 3. The van der Waals surface area contributed by atoms with Crippen LogP contribution in [0, 0.1) is 5.92 Å². The summed E-state index contributed by atoms with van der Waals surface area (Å²) in [6.07, 6.45) is 5.22. The van der Waals surface area contributed by atoms with E-state index < -0.39 is 0 Å². The molecule has 19 heavy (non-hydrogen) atoms. The molecule has 3 heteroatoms. The Labute approximate surface area is 114 Å². The maximum Gasteiger partial charge on any atom is 0.310 e. The van der Waals surface area contributed by atoms with Crippen molar-refractivity contribution < 1.29 is 14.3 Å². The van der Waals surface area contributed by atoms with Crippen LogP contribution in [-0.4, -0.2) is 19.2 Å². The van der Waals surface area contributed by atoms with Crippen LogP contribution in [0.5, 0.6) is 5.75 Å². The van der Waals surface area contributed by atoms with Gasteiger partial charge in [-0.1, -0.05) is 25.1 Å². The number of hydrogen-bond donors (Lipinski definition) is 0. The van der Waals surface area contributed by atoms with Crippen LogP contribution in [0.4, 0.5) is 0 Å². The zero-order valence-corrected chi connectivity index (χ0v) is 11.7. The van der Waals surface area contributed by atoms with Crippen LogP contribution in [0.2, 0.25) is 0 Å². The molecule has 1 aliphatic rings. The summed E-state index contributed by atoms with van der Waals surface area (Å²) in [7, 11) is 1.41. The molecule has 3 nitrogen and oxygen atoms in total. The number of carbonyl (C=O) groups is 1. The number of rotatable bonds is 4. The molecule has 1 saturated carbocycles. The molecule has 0 heterocycles. The molecule has 0 spiro atoms. The van der Waals surface area contributed by atoms with Gasteiger partial charge in [0, 0.05) is 5.56 Å². The smallest absolute Gasteiger partial charge is 0.310 e. The Morgan fingerprint density at radius 1 is 1.21 bits per heavy atom. The minimum Gasteiger partial charge on any atom is -0.490 e. The molecule has 0 saturated heterocycles. The lowest BCUT2D eigenvalue weighted by atomic mass is 9.89. The van der Waals surface area contributed by atoms with Crippen molar-refractivity contribution in [3.63, 3.8) is 0 Å². The first kappa shape index (κ1) is 13.9. The number of methoxy groups -OCH3 is 1. The Kier molecular flexibility index (Phi) is 4.83. The standard InChI is InChI=1S/C16H22O3/c1-12-7-9-14(10-8-12)19-15-6-4-3-5-13(15)11-16(17)18-2/h3-6,12,14H,7-11H2,1-2H3. The quantitative estimate of drug-likeness (QED) is 0.780. The highest BCUT2D eigenvalue weighted by atomic mass is 16.5. The molecule has 0 radical (unpaired) electrons. The lowest BCUT2D eigenvalue weighted by Crippen LogP contribution is -2.23. The summed E-state index contributed by atoms with van der Waals surface area (Å²) in [5, 5.41) is 0. The highest BCUT2D eigenvalue weighted by Crippen LogP contribution is 2.29. The van der Waals surface area contributed by atoms with Crippen molar-refractivity contribution in [3.05, 3.63) is 29.8 Å². The number of esters is 1. The van der Waals surface area contributed by atoms with Crippen molar-refractivity contribution in [3.8, 4) is 5.75 Å². The maximum absolute atomic E-state index is 11.4. The summed E-state index contributed by atoms with van der Waals surface area (Å²) in [4.78, 5) is 11.4. The number of para-hydroxylation sites is 1. The molecule has 1 aliphatic carbocycles. The van der Waals surface area contributed by atoms with Gasteiger partial charge in [0.15, 0.2) is 0 Å². The largest absolute Gasteiger partial charge is 0.490 e. The third-order valence-corrected chi connectivity index (χ3v) is 3.79. The normalized spacial score (nSPS) is 22.8. The fraction of sp³-hybridized carbons (Fsp3) is 0.562. The molecule has 0 aliphatic heterocycles. The van der Waals surface area contributed by atoms with Gasteiger partial charge in [0.1, 0.15) is 5.75 Å². The van der Waals surface area contributed by atoms with Gasteiger partial charge in [-0.05, 0) is 37.7 Å². The SMILES string of the molecule is COC(=O)Cc1ccccc1OC1CCC(C)CC1. The molecule has 1 fully saturated rings. The van der Waals surface area contributed by atoms with Crippen LogP contribution in [0.3, 0.4) is 0 Å². The van der Waals surface area contributed by atoms with E-state index in [4.69, 9.17) is 9.47 Å². The molecule has 0 aromatic heterocycles. The van der Waals surface area contributed by atoms with Crippen LogP contribution < -0.4 is 4.74 Å². The first-order chi connectivity index (χ1) is 9.19. The van der Waals surface area contributed by atoms with Gasteiger partial charge in [-0.2, -0.15) is 0 Å². The number of ether oxygens (including phenoxy) is 2. The van der Waals surface area contributed by atoms with Crippen molar-refractivity contribution >= 4 is 5.97 Å². The molecular weight excluding hydrogens is 240 g/mol. The fourth-order valence-electron chi connectivity index (χ4n) is 2.52. The fourth-order valence-corrected chi connectivity index (χ4v) is 2.52. The maximum atomic E-state index is 11.4. The van der Waals surface area contributed by atoms with Gasteiger partial charge in [-0.15, -0.1) is 0 Å². The van der Waals surface area contributed by atoms with E-state index in [9.17, 15) is 4.79 Å². The predicted molar refractivity (Wildman–Crippen MR) is 74.2 cm³/mol. The van der Waals surface area contributed by atoms with Crippen molar-refractivity contribution in [1.82, 2.24) is 0 Å². The third-order valence-electron chi connectivity index (χ3n) is 3.79. The second kappa shape index (κ2) is 6.60. The van der Waals surface area contributed by atoms with E-state index in [1.807, 2.05) is 24.3 Å². The Balaban J connectivity index is 2.01. The van der Waals surface area contributed by atoms with Gasteiger partial charge in [0.05, 0.1) is 19.6 Å². The highest BCUT2D eigenvalue weighted by molar-refractivity contribution is 5.73. The monoisotopic (exact) mass is 262 g/mol. The van der Waals surface area contributed by atoms with E-state index in [1.165, 1.54) is 20.0 Å². The Bertz CT molecular complexity index is 420. The van der Waals surface area contributed by atoms with E-state index in [1.54, 1.807) is 0 Å². The second-order valence-corrected chi connectivity index (χ2v) is 5.36. The molecule has 0 amide bonds. The molecule has 0 unspecified atom stereocenters. The summed E-state index contributed by atoms with van der Waals surface area (Å²) < 4.78 is 10.8. The summed E-state index contributed by atoms with van der Waals surface area (Å²) in [5.74, 6) is 1.41. The lowest BCUT2D eigenvalue weighted by Gasteiger charge is -2.27. The molecule has 0 N–H and O–H groups in total. The van der Waals surface area contributed by atoms with E-state index in [0.29, 0.717) is 0 Å². The summed E-state index contributed by atoms with van der Waals surface area (Å²) in [6, 6.07) is 7.74. The van der Waals surface area contributed by atoms with E-state index in [-0.39, 0.29) is 18.5 Å². The van der Waals surface area contributed by atoms with Gasteiger partial charge < -0.3 is 9.47 Å². The average molecular weight is 262 g/mol. The van der Waals surface area contributed by atoms with Crippen LogP contribution >= 0.6 is 0 Å². The van der Waals surface area contributed by atoms with Crippen LogP contribution in [-0.2, 0) is 16.0 Å². The Morgan fingerprint density at radius 2 is 1.89 bits per heavy atom. The van der Waals surface area contributed by atoms with Crippen LogP contribution in [0.1, 0.15) is 38.2 Å². The first-order valence-corrected chi connectivity index (χ1v) is 7.00. The van der Waals surface area contributed by atoms with Crippen molar-refractivity contribution in [2.75, 3.05) is 7.11 Å². The summed E-state index contributed by atoms with van der Waals surface area (Å²) in [5.41, 5.74) is 0.910. The Hall–Kier alpha value is -1.51. The van der Waals surface area contributed by atoms with Gasteiger partial charge in [-0.25, -0.2) is 0 Å². The number of carbonyl (C=O) groups excluding carboxylic acids is 1. The third kappa shape index (κ3) is 3.98. The van der Waals surface area contributed by atoms with Crippen molar-refractivity contribution in [2.24, 2.45) is 5.92 Å².